The Balaban J connectivity index is 1.83. The van der Waals surface area contributed by atoms with Crippen LogP contribution < -0.4 is 10.6 Å². The molecule has 2 N–H and O–H groups in total. The standard InChI is InChI=1S/C12H21N3O2/c1-2-13-9-3-5-10(6-4-9)15-7-11(16)14-12(17)8-15/h9-10,13H,2-8H2,1H3,(H,14,16,17). The van der Waals surface area contributed by atoms with Crippen molar-refractivity contribution in [3.63, 3.8) is 0 Å². The van der Waals surface area contributed by atoms with Crippen LogP contribution in [0.3, 0.4) is 0 Å². The number of carbonyl (C=O) groups is 2. The molecule has 0 atom stereocenters. The van der Waals surface area contributed by atoms with Crippen molar-refractivity contribution in [3.05, 3.63) is 0 Å². The molecule has 1 saturated carbocycles. The van der Waals surface area contributed by atoms with Crippen LogP contribution in [0, 0.1) is 0 Å². The van der Waals surface area contributed by atoms with Crippen molar-refractivity contribution < 1.29 is 9.59 Å². The number of hydrogen-bond acceptors (Lipinski definition) is 4. The fraction of sp³-hybridized carbons (Fsp3) is 0.833. The number of hydrogen-bond donors (Lipinski definition) is 2. The zero-order valence-corrected chi connectivity index (χ0v) is 10.4. The molecule has 1 aliphatic carbocycles. The third-order valence-electron chi connectivity index (χ3n) is 3.68. The van der Waals surface area contributed by atoms with Gasteiger partial charge in [0.25, 0.3) is 0 Å². The van der Waals surface area contributed by atoms with Crippen molar-refractivity contribution in [1.29, 1.82) is 0 Å². The monoisotopic (exact) mass is 239 g/mol. The summed E-state index contributed by atoms with van der Waals surface area (Å²) in [5, 5.41) is 5.81. The number of nitrogens with zero attached hydrogens (tertiary/aromatic N) is 1. The van der Waals surface area contributed by atoms with Gasteiger partial charge in [0.2, 0.25) is 11.8 Å². The van der Waals surface area contributed by atoms with E-state index in [0.29, 0.717) is 25.2 Å². The maximum absolute atomic E-state index is 11.3. The Morgan fingerprint density at radius 3 is 2.29 bits per heavy atom. The molecular weight excluding hydrogens is 218 g/mol. The Labute approximate surface area is 102 Å². The van der Waals surface area contributed by atoms with E-state index >= 15 is 0 Å². The van der Waals surface area contributed by atoms with E-state index in [1.54, 1.807) is 0 Å². The minimum Gasteiger partial charge on any atom is -0.314 e. The molecular formula is C12H21N3O2. The first-order chi connectivity index (χ1) is 8.19. The van der Waals surface area contributed by atoms with Gasteiger partial charge in [0.15, 0.2) is 0 Å². The summed E-state index contributed by atoms with van der Waals surface area (Å²) >= 11 is 0. The summed E-state index contributed by atoms with van der Waals surface area (Å²) in [6.07, 6.45) is 4.45. The summed E-state index contributed by atoms with van der Waals surface area (Å²) in [5.41, 5.74) is 0. The lowest BCUT2D eigenvalue weighted by Gasteiger charge is -2.37. The van der Waals surface area contributed by atoms with Crippen LogP contribution in [0.1, 0.15) is 32.6 Å². The van der Waals surface area contributed by atoms with Gasteiger partial charge in [-0.2, -0.15) is 0 Å². The summed E-state index contributed by atoms with van der Waals surface area (Å²) in [6, 6.07) is 1.02. The van der Waals surface area contributed by atoms with Gasteiger partial charge in [0.05, 0.1) is 13.1 Å². The Morgan fingerprint density at radius 2 is 1.76 bits per heavy atom. The summed E-state index contributed by atoms with van der Waals surface area (Å²) in [5.74, 6) is -0.315. The molecule has 1 heterocycles. The highest BCUT2D eigenvalue weighted by molar-refractivity contribution is 5.99. The number of imide groups is 1. The zero-order valence-electron chi connectivity index (χ0n) is 10.4. The van der Waals surface area contributed by atoms with Crippen LogP contribution in [0.4, 0.5) is 0 Å². The molecule has 96 valence electrons. The van der Waals surface area contributed by atoms with Gasteiger partial charge in [0, 0.05) is 12.1 Å². The van der Waals surface area contributed by atoms with Gasteiger partial charge in [-0.3, -0.25) is 19.8 Å². The lowest BCUT2D eigenvalue weighted by molar-refractivity contribution is -0.137. The summed E-state index contributed by atoms with van der Waals surface area (Å²) in [7, 11) is 0. The molecule has 0 radical (unpaired) electrons. The van der Waals surface area contributed by atoms with E-state index in [-0.39, 0.29) is 11.8 Å². The molecule has 0 aromatic heterocycles. The summed E-state index contributed by atoms with van der Waals surface area (Å²) in [4.78, 5) is 24.6. The molecule has 0 aromatic carbocycles. The SMILES string of the molecule is CCNC1CCC(N2CC(=O)NC(=O)C2)CC1. The van der Waals surface area contributed by atoms with Gasteiger partial charge >= 0.3 is 0 Å². The van der Waals surface area contributed by atoms with Gasteiger partial charge in [0.1, 0.15) is 0 Å². The van der Waals surface area contributed by atoms with Crippen molar-refractivity contribution >= 4 is 11.8 Å². The third-order valence-corrected chi connectivity index (χ3v) is 3.68. The number of nitrogens with one attached hydrogen (secondary N) is 2. The molecule has 17 heavy (non-hydrogen) atoms. The lowest BCUT2D eigenvalue weighted by atomic mass is 9.90. The molecule has 2 amide bonds. The quantitative estimate of drug-likeness (QED) is 0.673. The molecule has 2 fully saturated rings. The first-order valence-electron chi connectivity index (χ1n) is 6.49. The molecule has 0 unspecified atom stereocenters. The van der Waals surface area contributed by atoms with E-state index in [2.05, 4.69) is 17.6 Å². The largest absolute Gasteiger partial charge is 0.314 e. The normalized spacial score (nSPS) is 31.4. The van der Waals surface area contributed by atoms with E-state index in [1.165, 1.54) is 0 Å². The minimum atomic E-state index is -0.157. The zero-order chi connectivity index (χ0) is 12.3. The van der Waals surface area contributed by atoms with E-state index in [0.717, 1.165) is 32.2 Å². The Kier molecular flexibility index (Phi) is 4.12. The van der Waals surface area contributed by atoms with Crippen molar-refractivity contribution in [2.45, 2.75) is 44.7 Å². The van der Waals surface area contributed by atoms with E-state index in [4.69, 9.17) is 0 Å². The second-order valence-corrected chi connectivity index (χ2v) is 4.94. The maximum atomic E-state index is 11.3. The highest BCUT2D eigenvalue weighted by Gasteiger charge is 2.31. The summed E-state index contributed by atoms with van der Waals surface area (Å²) < 4.78 is 0. The number of carbonyl (C=O) groups excluding carboxylic acids is 2. The van der Waals surface area contributed by atoms with Gasteiger partial charge in [-0.1, -0.05) is 6.92 Å². The van der Waals surface area contributed by atoms with Gasteiger partial charge in [-0.05, 0) is 32.2 Å². The molecule has 2 rings (SSSR count). The van der Waals surface area contributed by atoms with Crippen LogP contribution in [0.25, 0.3) is 0 Å². The predicted octanol–water partition coefficient (Wildman–Crippen LogP) is -0.134. The number of amides is 2. The van der Waals surface area contributed by atoms with Gasteiger partial charge in [-0.25, -0.2) is 0 Å². The Morgan fingerprint density at radius 1 is 1.18 bits per heavy atom. The highest BCUT2D eigenvalue weighted by atomic mass is 16.2. The number of piperazine rings is 1. The molecule has 1 aliphatic heterocycles. The summed E-state index contributed by atoms with van der Waals surface area (Å²) in [6.45, 7) is 3.89. The molecule has 2 aliphatic rings. The third kappa shape index (κ3) is 3.26. The van der Waals surface area contributed by atoms with E-state index in [9.17, 15) is 9.59 Å². The minimum absolute atomic E-state index is 0.157. The van der Waals surface area contributed by atoms with Crippen LogP contribution in [-0.2, 0) is 9.59 Å². The molecule has 0 bridgehead atoms. The van der Waals surface area contributed by atoms with Gasteiger partial charge < -0.3 is 5.32 Å². The van der Waals surface area contributed by atoms with Crippen LogP contribution >= 0.6 is 0 Å². The first kappa shape index (κ1) is 12.5. The molecule has 5 nitrogen and oxygen atoms in total. The van der Waals surface area contributed by atoms with Crippen molar-refractivity contribution in [2.24, 2.45) is 0 Å². The van der Waals surface area contributed by atoms with Gasteiger partial charge in [-0.15, -0.1) is 0 Å². The van der Waals surface area contributed by atoms with Crippen molar-refractivity contribution in [1.82, 2.24) is 15.5 Å². The molecule has 0 aromatic rings. The van der Waals surface area contributed by atoms with E-state index < -0.39 is 0 Å². The Hall–Kier alpha value is -0.940. The first-order valence-corrected chi connectivity index (χ1v) is 6.49. The maximum Gasteiger partial charge on any atom is 0.240 e. The molecule has 5 heteroatoms. The second kappa shape index (κ2) is 5.60. The van der Waals surface area contributed by atoms with Crippen LogP contribution in [-0.4, -0.2) is 48.4 Å². The smallest absolute Gasteiger partial charge is 0.240 e. The van der Waals surface area contributed by atoms with Crippen LogP contribution in [0.5, 0.6) is 0 Å². The van der Waals surface area contributed by atoms with Crippen molar-refractivity contribution in [2.75, 3.05) is 19.6 Å². The molecule has 1 saturated heterocycles. The fourth-order valence-electron chi connectivity index (χ4n) is 2.85. The van der Waals surface area contributed by atoms with Crippen LogP contribution in [0.2, 0.25) is 0 Å². The van der Waals surface area contributed by atoms with Crippen LogP contribution in [0.15, 0.2) is 0 Å². The molecule has 0 spiro atoms. The van der Waals surface area contributed by atoms with E-state index in [1.807, 2.05) is 4.90 Å². The van der Waals surface area contributed by atoms with Crippen molar-refractivity contribution in [3.8, 4) is 0 Å². The lowest BCUT2D eigenvalue weighted by Crippen LogP contribution is -2.55. The second-order valence-electron chi connectivity index (χ2n) is 4.94. The highest BCUT2D eigenvalue weighted by Crippen LogP contribution is 2.23. The predicted molar refractivity (Wildman–Crippen MR) is 64.4 cm³/mol. The number of rotatable bonds is 3. The average Bonchev–Trinajstić information content (AvgIpc) is 2.29. The average molecular weight is 239 g/mol. The fourth-order valence-corrected chi connectivity index (χ4v) is 2.85. The Bertz CT molecular complexity index is 282. The topological polar surface area (TPSA) is 61.4 Å².